The second kappa shape index (κ2) is 16.1. The first-order valence-electron chi connectivity index (χ1n) is 15.8. The van der Waals surface area contributed by atoms with Gasteiger partial charge in [-0.25, -0.2) is 4.98 Å². The Kier molecular flexibility index (Phi) is 12.8. The van der Waals surface area contributed by atoms with E-state index in [4.69, 9.17) is 4.42 Å². The predicted molar refractivity (Wildman–Crippen MR) is 182 cm³/mol. The fraction of sp³-hybridized carbons (Fsp3) is 0.359. The molecule has 1 radical (unpaired) electrons. The van der Waals surface area contributed by atoms with E-state index in [1.54, 1.807) is 12.5 Å². The first kappa shape index (κ1) is 35.9. The molecule has 0 amide bonds. The number of carbonyl (C=O) groups is 1. The SMILES string of the molecule is CC(C)(C)c1cc(-c2cc(-c3coc4ncccc34)ccn2)[c-]c2ccccc12.CCC(CC)C(=O)/C=C(\O)C(CC)CC.[Ir]. The van der Waals surface area contributed by atoms with Crippen molar-refractivity contribution in [3.63, 3.8) is 0 Å². The summed E-state index contributed by atoms with van der Waals surface area (Å²) < 4.78 is 5.63. The maximum absolute atomic E-state index is 11.7. The van der Waals surface area contributed by atoms with Crippen molar-refractivity contribution in [2.75, 3.05) is 0 Å². The number of aliphatic hydroxyl groups is 1. The summed E-state index contributed by atoms with van der Waals surface area (Å²) in [6, 6.07) is 22.3. The van der Waals surface area contributed by atoms with Gasteiger partial charge in [-0.3, -0.25) is 9.78 Å². The number of hydrogen-bond acceptors (Lipinski definition) is 5. The van der Waals surface area contributed by atoms with Gasteiger partial charge in [-0.05, 0) is 54.9 Å². The average Bonchev–Trinajstić information content (AvgIpc) is 3.46. The number of hydrogen-bond donors (Lipinski definition) is 1. The average molecular weight is 782 g/mol. The first-order chi connectivity index (χ1) is 21.1. The number of rotatable bonds is 9. The summed E-state index contributed by atoms with van der Waals surface area (Å²) in [5.41, 5.74) is 5.95. The van der Waals surface area contributed by atoms with Crippen LogP contribution in [0.5, 0.6) is 0 Å². The number of aliphatic hydroxyl groups excluding tert-OH is 1. The van der Waals surface area contributed by atoms with Crippen molar-refractivity contribution in [2.24, 2.45) is 11.8 Å². The summed E-state index contributed by atoms with van der Waals surface area (Å²) in [7, 11) is 0. The second-order valence-electron chi connectivity index (χ2n) is 12.3. The zero-order chi connectivity index (χ0) is 31.9. The molecule has 0 unspecified atom stereocenters. The molecule has 2 aromatic carbocycles. The zero-order valence-electron chi connectivity index (χ0n) is 27.5. The largest absolute Gasteiger partial charge is 0.512 e. The smallest absolute Gasteiger partial charge is 0.226 e. The van der Waals surface area contributed by atoms with Crippen LogP contribution in [0.3, 0.4) is 0 Å². The summed E-state index contributed by atoms with van der Waals surface area (Å²) in [6.45, 7) is 14.8. The van der Waals surface area contributed by atoms with Gasteiger partial charge < -0.3 is 9.52 Å². The van der Waals surface area contributed by atoms with E-state index < -0.39 is 0 Å². The Morgan fingerprint density at radius 1 is 0.889 bits per heavy atom. The van der Waals surface area contributed by atoms with Crippen LogP contribution in [0.25, 0.3) is 44.3 Å². The third-order valence-corrected chi connectivity index (χ3v) is 8.36. The molecule has 3 heterocycles. The molecule has 1 N–H and O–H groups in total. The van der Waals surface area contributed by atoms with Gasteiger partial charge in [0, 0.05) is 67.1 Å². The van der Waals surface area contributed by atoms with Crippen molar-refractivity contribution in [1.82, 2.24) is 9.97 Å². The summed E-state index contributed by atoms with van der Waals surface area (Å²) in [4.78, 5) is 20.7. The molecule has 5 nitrogen and oxygen atoms in total. The van der Waals surface area contributed by atoms with Crippen LogP contribution in [0, 0.1) is 17.9 Å². The van der Waals surface area contributed by atoms with E-state index in [9.17, 15) is 9.90 Å². The van der Waals surface area contributed by atoms with E-state index in [0.29, 0.717) is 5.71 Å². The summed E-state index contributed by atoms with van der Waals surface area (Å²) in [5, 5.41) is 13.1. The Morgan fingerprint density at radius 3 is 2.22 bits per heavy atom. The van der Waals surface area contributed by atoms with Crippen LogP contribution < -0.4 is 0 Å². The van der Waals surface area contributed by atoms with Crippen molar-refractivity contribution in [1.29, 1.82) is 0 Å². The monoisotopic (exact) mass is 782 g/mol. The number of carbonyl (C=O) groups excluding carboxylic acids is 1. The van der Waals surface area contributed by atoms with Crippen molar-refractivity contribution in [3.8, 4) is 22.4 Å². The number of furan rings is 1. The Bertz CT molecular complexity index is 1740. The molecule has 0 saturated heterocycles. The molecule has 5 aromatic rings. The molecule has 0 aliphatic rings. The summed E-state index contributed by atoms with van der Waals surface area (Å²) in [6.07, 6.45) is 10.3. The van der Waals surface area contributed by atoms with Gasteiger partial charge in [0.15, 0.2) is 5.78 Å². The van der Waals surface area contributed by atoms with Crippen molar-refractivity contribution >= 4 is 27.7 Å². The van der Waals surface area contributed by atoms with E-state index >= 15 is 0 Å². The molecule has 45 heavy (non-hydrogen) atoms. The van der Waals surface area contributed by atoms with Gasteiger partial charge in [0.25, 0.3) is 0 Å². The van der Waals surface area contributed by atoms with E-state index in [2.05, 4.69) is 73.2 Å². The fourth-order valence-electron chi connectivity index (χ4n) is 5.61. The van der Waals surface area contributed by atoms with Crippen molar-refractivity contribution in [3.05, 3.63) is 96.7 Å². The molecule has 0 fully saturated rings. The van der Waals surface area contributed by atoms with Gasteiger partial charge >= 0.3 is 0 Å². The van der Waals surface area contributed by atoms with Crippen LogP contribution >= 0.6 is 0 Å². The number of fused-ring (bicyclic) bond motifs is 2. The molecule has 0 aliphatic carbocycles. The Hall–Kier alpha value is -3.60. The van der Waals surface area contributed by atoms with Gasteiger partial charge in [0.1, 0.15) is 6.26 Å². The Morgan fingerprint density at radius 2 is 1.56 bits per heavy atom. The number of nitrogens with zero attached hydrogens (tertiary/aromatic N) is 2. The summed E-state index contributed by atoms with van der Waals surface area (Å²) in [5.74, 6) is 0.547. The number of allylic oxidation sites excluding steroid dienone is 2. The third kappa shape index (κ3) is 8.56. The van der Waals surface area contributed by atoms with Crippen LogP contribution in [0.15, 0.2) is 89.5 Å². The fourth-order valence-corrected chi connectivity index (χ4v) is 5.61. The standard InChI is InChI=1S/C26H21N2O.C13H24O2.Ir/c1-26(2,3)23-14-19(13-17-7-4-5-8-20(17)23)24-15-18(10-12-27-24)22-16-29-25-21(22)9-6-11-28-25;1-5-10(6-2)12(14)9-13(15)11(7-3)8-4;/h4-12,14-16H,1-3H3;9-11,14H,5-8H2,1-4H3;/q-1;;/b;12-9-;. The zero-order valence-corrected chi connectivity index (χ0v) is 29.9. The second-order valence-corrected chi connectivity index (χ2v) is 12.3. The molecule has 0 bridgehead atoms. The van der Waals surface area contributed by atoms with Crippen LogP contribution in [-0.4, -0.2) is 20.9 Å². The maximum atomic E-state index is 11.7. The molecular formula is C39H45IrN2O3-. The minimum atomic E-state index is 0. The van der Waals surface area contributed by atoms with Crippen molar-refractivity contribution in [2.45, 2.75) is 79.6 Å². The molecule has 0 saturated carbocycles. The normalized spacial score (nSPS) is 11.9. The number of benzene rings is 2. The molecule has 0 spiro atoms. The van der Waals surface area contributed by atoms with Gasteiger partial charge in [-0.15, -0.1) is 29.1 Å². The molecule has 6 heteroatoms. The van der Waals surface area contributed by atoms with Crippen LogP contribution in [0.1, 0.15) is 79.7 Å². The van der Waals surface area contributed by atoms with Crippen molar-refractivity contribution < 1.29 is 34.4 Å². The quantitative estimate of drug-likeness (QED) is 0.0916. The molecule has 0 atom stereocenters. The minimum Gasteiger partial charge on any atom is -0.512 e. The maximum Gasteiger partial charge on any atom is 0.226 e. The number of ketones is 1. The van der Waals surface area contributed by atoms with Gasteiger partial charge in [-0.2, -0.15) is 0 Å². The van der Waals surface area contributed by atoms with Crippen LogP contribution in [-0.2, 0) is 30.3 Å². The van der Waals surface area contributed by atoms with Gasteiger partial charge in [-0.1, -0.05) is 83.7 Å². The van der Waals surface area contributed by atoms with Gasteiger partial charge in [0.05, 0.1) is 5.76 Å². The van der Waals surface area contributed by atoms with E-state index in [-0.39, 0.29) is 48.9 Å². The molecule has 5 rings (SSSR count). The van der Waals surface area contributed by atoms with E-state index in [0.717, 1.165) is 58.8 Å². The summed E-state index contributed by atoms with van der Waals surface area (Å²) >= 11 is 0. The molecule has 3 aromatic heterocycles. The van der Waals surface area contributed by atoms with Crippen LogP contribution in [0.4, 0.5) is 0 Å². The minimum absolute atomic E-state index is 0. The number of pyridine rings is 2. The topological polar surface area (TPSA) is 76.2 Å². The van der Waals surface area contributed by atoms with E-state index in [1.807, 2.05) is 52.1 Å². The first-order valence-corrected chi connectivity index (χ1v) is 15.8. The van der Waals surface area contributed by atoms with Gasteiger partial charge in [0.2, 0.25) is 5.71 Å². The Balaban J connectivity index is 0.000000297. The molecule has 0 aliphatic heterocycles. The Labute approximate surface area is 281 Å². The number of aromatic nitrogens is 2. The van der Waals surface area contributed by atoms with Crippen LogP contribution in [0.2, 0.25) is 0 Å². The molecule has 239 valence electrons. The molecular weight excluding hydrogens is 737 g/mol. The predicted octanol–water partition coefficient (Wildman–Crippen LogP) is 10.7. The third-order valence-electron chi connectivity index (χ3n) is 8.36. The van der Waals surface area contributed by atoms with E-state index in [1.165, 1.54) is 17.0 Å².